The highest BCUT2D eigenvalue weighted by molar-refractivity contribution is 5.70. The Labute approximate surface area is 125 Å². The molecule has 1 heterocycles. The number of ether oxygens (including phenoxy) is 1. The van der Waals surface area contributed by atoms with E-state index in [9.17, 15) is 4.79 Å². The van der Waals surface area contributed by atoms with Gasteiger partial charge in [-0.05, 0) is 50.4 Å². The molecule has 0 aromatic heterocycles. The zero-order valence-electron chi connectivity index (χ0n) is 12.6. The summed E-state index contributed by atoms with van der Waals surface area (Å²) in [6, 6.07) is 6.22. The summed E-state index contributed by atoms with van der Waals surface area (Å²) in [5.74, 6) is 0.209. The van der Waals surface area contributed by atoms with Gasteiger partial charge in [0, 0.05) is 17.5 Å². The van der Waals surface area contributed by atoms with Crippen molar-refractivity contribution in [2.75, 3.05) is 20.2 Å². The fourth-order valence-corrected chi connectivity index (χ4v) is 3.42. The molecule has 0 spiro atoms. The van der Waals surface area contributed by atoms with Crippen molar-refractivity contribution in [2.45, 2.75) is 44.1 Å². The summed E-state index contributed by atoms with van der Waals surface area (Å²) in [5.41, 5.74) is 2.23. The third-order valence-corrected chi connectivity index (χ3v) is 4.83. The van der Waals surface area contributed by atoms with Crippen LogP contribution in [0.4, 0.5) is 0 Å². The Balaban J connectivity index is 1.84. The number of benzene rings is 1. The number of nitrogens with zero attached hydrogens (tertiary/aromatic N) is 1. The Morgan fingerprint density at radius 1 is 1.33 bits per heavy atom. The number of carboxylic acid groups (broad SMARTS) is 1. The van der Waals surface area contributed by atoms with Crippen molar-refractivity contribution in [3.63, 3.8) is 0 Å². The number of aliphatic carboxylic acids is 1. The van der Waals surface area contributed by atoms with E-state index in [2.05, 4.69) is 11.0 Å². The highest BCUT2D eigenvalue weighted by Crippen LogP contribution is 2.51. The maximum absolute atomic E-state index is 11.1. The first-order valence-corrected chi connectivity index (χ1v) is 7.74. The molecular formula is C17H23NO3. The van der Waals surface area contributed by atoms with E-state index in [0.29, 0.717) is 0 Å². The molecule has 1 saturated carbocycles. The fraction of sp³-hybridized carbons (Fsp3) is 0.588. The predicted octanol–water partition coefficient (Wildman–Crippen LogP) is 2.80. The van der Waals surface area contributed by atoms with Crippen LogP contribution in [-0.4, -0.2) is 36.2 Å². The van der Waals surface area contributed by atoms with Crippen molar-refractivity contribution >= 4 is 5.97 Å². The Bertz CT molecular complexity index is 531. The number of likely N-dealkylation sites (tertiary alicyclic amines) is 1. The minimum atomic E-state index is -0.704. The third-order valence-electron chi connectivity index (χ3n) is 4.83. The number of carboxylic acids is 1. The summed E-state index contributed by atoms with van der Waals surface area (Å²) < 4.78 is 5.48. The van der Waals surface area contributed by atoms with Gasteiger partial charge >= 0.3 is 5.97 Å². The molecule has 4 nitrogen and oxygen atoms in total. The molecule has 114 valence electrons. The van der Waals surface area contributed by atoms with Gasteiger partial charge in [-0.1, -0.05) is 12.1 Å². The van der Waals surface area contributed by atoms with Crippen molar-refractivity contribution in [3.8, 4) is 5.75 Å². The standard InChI is InChI=1S/C17H23NO3/c1-21-15-5-4-14(17(6-7-17)11-16(19)20)10-13(15)12-18-8-2-3-9-18/h4-5,10H,2-3,6-9,11-12H2,1H3,(H,19,20). The van der Waals surface area contributed by atoms with Crippen LogP contribution >= 0.6 is 0 Å². The van der Waals surface area contributed by atoms with Gasteiger partial charge in [-0.3, -0.25) is 9.69 Å². The molecule has 0 bridgehead atoms. The molecule has 1 saturated heterocycles. The zero-order chi connectivity index (χ0) is 14.9. The monoisotopic (exact) mass is 289 g/mol. The normalized spacial score (nSPS) is 20.4. The van der Waals surface area contributed by atoms with Gasteiger partial charge in [0.1, 0.15) is 5.75 Å². The van der Waals surface area contributed by atoms with Gasteiger partial charge in [-0.25, -0.2) is 0 Å². The number of carbonyl (C=O) groups is 1. The number of hydrogen-bond donors (Lipinski definition) is 1. The van der Waals surface area contributed by atoms with Crippen molar-refractivity contribution in [2.24, 2.45) is 0 Å². The smallest absolute Gasteiger partial charge is 0.304 e. The van der Waals surface area contributed by atoms with E-state index in [1.54, 1.807) is 7.11 Å². The van der Waals surface area contributed by atoms with Crippen molar-refractivity contribution in [1.82, 2.24) is 4.90 Å². The van der Waals surface area contributed by atoms with Crippen LogP contribution in [0.3, 0.4) is 0 Å². The van der Waals surface area contributed by atoms with Crippen LogP contribution in [0.2, 0.25) is 0 Å². The Morgan fingerprint density at radius 3 is 2.62 bits per heavy atom. The summed E-state index contributed by atoms with van der Waals surface area (Å²) in [7, 11) is 1.70. The van der Waals surface area contributed by atoms with Gasteiger partial charge < -0.3 is 9.84 Å². The molecule has 4 heteroatoms. The second-order valence-electron chi connectivity index (χ2n) is 6.36. The molecule has 0 atom stereocenters. The van der Waals surface area contributed by atoms with E-state index < -0.39 is 5.97 Å². The first-order chi connectivity index (χ1) is 10.1. The Hall–Kier alpha value is -1.55. The molecule has 2 fully saturated rings. The van der Waals surface area contributed by atoms with Crippen molar-refractivity contribution in [1.29, 1.82) is 0 Å². The summed E-state index contributed by atoms with van der Waals surface area (Å²) in [4.78, 5) is 13.5. The number of rotatable bonds is 6. The third kappa shape index (κ3) is 3.05. The van der Waals surface area contributed by atoms with Crippen LogP contribution in [0.1, 0.15) is 43.2 Å². The molecule has 3 rings (SSSR count). The lowest BCUT2D eigenvalue weighted by molar-refractivity contribution is -0.137. The lowest BCUT2D eigenvalue weighted by Gasteiger charge is -2.20. The maximum Gasteiger partial charge on any atom is 0.304 e. The average molecular weight is 289 g/mol. The molecule has 2 aliphatic rings. The van der Waals surface area contributed by atoms with E-state index in [-0.39, 0.29) is 11.8 Å². The first kappa shape index (κ1) is 14.4. The molecule has 1 aliphatic carbocycles. The van der Waals surface area contributed by atoms with Crippen molar-refractivity contribution in [3.05, 3.63) is 29.3 Å². The highest BCUT2D eigenvalue weighted by atomic mass is 16.5. The molecule has 21 heavy (non-hydrogen) atoms. The topological polar surface area (TPSA) is 49.8 Å². The van der Waals surface area contributed by atoms with Crippen LogP contribution < -0.4 is 4.74 Å². The second-order valence-corrected chi connectivity index (χ2v) is 6.36. The van der Waals surface area contributed by atoms with Gasteiger partial charge in [-0.2, -0.15) is 0 Å². The van der Waals surface area contributed by atoms with Crippen LogP contribution in [0.25, 0.3) is 0 Å². The number of methoxy groups -OCH3 is 1. The minimum absolute atomic E-state index is 0.127. The minimum Gasteiger partial charge on any atom is -0.496 e. The van der Waals surface area contributed by atoms with E-state index in [1.807, 2.05) is 12.1 Å². The van der Waals surface area contributed by atoms with Gasteiger partial charge in [-0.15, -0.1) is 0 Å². The first-order valence-electron chi connectivity index (χ1n) is 7.74. The molecular weight excluding hydrogens is 266 g/mol. The SMILES string of the molecule is COc1ccc(C2(CC(=O)O)CC2)cc1CN1CCCC1. The van der Waals surface area contributed by atoms with E-state index in [1.165, 1.54) is 24.0 Å². The second kappa shape index (κ2) is 5.68. The largest absolute Gasteiger partial charge is 0.496 e. The summed E-state index contributed by atoms with van der Waals surface area (Å²) in [6.45, 7) is 3.20. The molecule has 1 aliphatic heterocycles. The van der Waals surface area contributed by atoms with Gasteiger partial charge in [0.15, 0.2) is 0 Å². The predicted molar refractivity (Wildman–Crippen MR) is 80.7 cm³/mol. The van der Waals surface area contributed by atoms with E-state index >= 15 is 0 Å². The average Bonchev–Trinajstić information content (AvgIpc) is 3.04. The lowest BCUT2D eigenvalue weighted by atomic mass is 9.91. The summed E-state index contributed by atoms with van der Waals surface area (Å²) in [5, 5.41) is 9.12. The zero-order valence-corrected chi connectivity index (χ0v) is 12.6. The molecule has 1 aromatic rings. The van der Waals surface area contributed by atoms with Crippen LogP contribution in [0.5, 0.6) is 5.75 Å². The van der Waals surface area contributed by atoms with Crippen LogP contribution in [-0.2, 0) is 16.8 Å². The molecule has 1 N–H and O–H groups in total. The molecule has 0 unspecified atom stereocenters. The van der Waals surface area contributed by atoms with Crippen LogP contribution in [0, 0.1) is 0 Å². The quantitative estimate of drug-likeness (QED) is 0.875. The fourth-order valence-electron chi connectivity index (χ4n) is 3.42. The molecule has 0 amide bonds. The maximum atomic E-state index is 11.1. The van der Waals surface area contributed by atoms with Crippen molar-refractivity contribution < 1.29 is 14.6 Å². The Kier molecular flexibility index (Phi) is 3.89. The van der Waals surface area contributed by atoms with Gasteiger partial charge in [0.25, 0.3) is 0 Å². The Morgan fingerprint density at radius 2 is 2.05 bits per heavy atom. The van der Waals surface area contributed by atoms with Gasteiger partial charge in [0.05, 0.1) is 13.5 Å². The van der Waals surface area contributed by atoms with E-state index in [0.717, 1.165) is 38.2 Å². The van der Waals surface area contributed by atoms with Gasteiger partial charge in [0.2, 0.25) is 0 Å². The summed E-state index contributed by atoms with van der Waals surface area (Å²) in [6.07, 6.45) is 4.74. The van der Waals surface area contributed by atoms with E-state index in [4.69, 9.17) is 9.84 Å². The summed E-state index contributed by atoms with van der Waals surface area (Å²) >= 11 is 0. The molecule has 1 aromatic carbocycles. The lowest BCUT2D eigenvalue weighted by Crippen LogP contribution is -2.20. The van der Waals surface area contributed by atoms with Crippen LogP contribution in [0.15, 0.2) is 18.2 Å². The molecule has 0 radical (unpaired) electrons. The highest BCUT2D eigenvalue weighted by Gasteiger charge is 2.46. The number of hydrogen-bond acceptors (Lipinski definition) is 3.